The predicted octanol–water partition coefficient (Wildman–Crippen LogP) is 2.64. The Morgan fingerprint density at radius 2 is 1.54 bits per heavy atom. The van der Waals surface area contributed by atoms with E-state index in [0.29, 0.717) is 17.0 Å². The average molecular weight is 351 g/mol. The van der Waals surface area contributed by atoms with Crippen LogP contribution in [0.5, 0.6) is 11.5 Å². The number of para-hydroxylation sites is 1. The summed E-state index contributed by atoms with van der Waals surface area (Å²) in [5.74, 6) is 1.24. The van der Waals surface area contributed by atoms with Crippen molar-refractivity contribution < 1.29 is 9.47 Å². The van der Waals surface area contributed by atoms with Gasteiger partial charge in [-0.2, -0.15) is 0 Å². The van der Waals surface area contributed by atoms with Crippen LogP contribution in [0.1, 0.15) is 0 Å². The number of benzene rings is 2. The maximum Gasteiger partial charge on any atom is 0.329 e. The Bertz CT molecular complexity index is 1050. The van der Waals surface area contributed by atoms with Crippen molar-refractivity contribution in [2.24, 2.45) is 19.1 Å². The monoisotopic (exact) mass is 351 g/mol. The smallest absolute Gasteiger partial charge is 0.329 e. The standard InChI is InChI=1S/C20H21N3O3/c1-22-16(14-10-11-17(25-3)18(12-14)26-4)13-19(23(2)20(22)24)21-15-8-6-5-7-9-15/h5-13H,1-4H3/b21-19-. The normalized spacial score (nSPS) is 11.5. The Kier molecular flexibility index (Phi) is 4.93. The number of hydrogen-bond acceptors (Lipinski definition) is 4. The van der Waals surface area contributed by atoms with Gasteiger partial charge in [-0.25, -0.2) is 9.79 Å². The van der Waals surface area contributed by atoms with Crippen molar-refractivity contribution in [3.05, 3.63) is 70.6 Å². The Morgan fingerprint density at radius 1 is 0.846 bits per heavy atom. The minimum atomic E-state index is -0.160. The highest BCUT2D eigenvalue weighted by atomic mass is 16.5. The van der Waals surface area contributed by atoms with Gasteiger partial charge in [0.15, 0.2) is 11.5 Å². The van der Waals surface area contributed by atoms with Crippen LogP contribution in [-0.4, -0.2) is 23.4 Å². The molecule has 0 N–H and O–H groups in total. The lowest BCUT2D eigenvalue weighted by atomic mass is 10.1. The summed E-state index contributed by atoms with van der Waals surface area (Å²) in [6.45, 7) is 0. The van der Waals surface area contributed by atoms with Gasteiger partial charge in [0, 0.05) is 25.7 Å². The number of aromatic nitrogens is 2. The van der Waals surface area contributed by atoms with Crippen LogP contribution in [0, 0.1) is 0 Å². The first-order valence-electron chi connectivity index (χ1n) is 8.14. The van der Waals surface area contributed by atoms with Crippen LogP contribution < -0.4 is 20.7 Å². The fourth-order valence-corrected chi connectivity index (χ4v) is 2.76. The topological polar surface area (TPSA) is 57.8 Å². The number of methoxy groups -OCH3 is 2. The summed E-state index contributed by atoms with van der Waals surface area (Å²) in [7, 11) is 6.62. The first kappa shape index (κ1) is 17.5. The lowest BCUT2D eigenvalue weighted by molar-refractivity contribution is 0.355. The van der Waals surface area contributed by atoms with Crippen LogP contribution in [0.2, 0.25) is 0 Å². The lowest BCUT2D eigenvalue weighted by Crippen LogP contribution is -2.37. The van der Waals surface area contributed by atoms with E-state index in [-0.39, 0.29) is 5.69 Å². The quantitative estimate of drug-likeness (QED) is 0.726. The highest BCUT2D eigenvalue weighted by Crippen LogP contribution is 2.31. The zero-order valence-electron chi connectivity index (χ0n) is 15.3. The van der Waals surface area contributed by atoms with Crippen LogP contribution in [-0.2, 0) is 14.1 Å². The summed E-state index contributed by atoms with van der Waals surface area (Å²) in [6, 6.07) is 17.0. The zero-order valence-corrected chi connectivity index (χ0v) is 15.3. The summed E-state index contributed by atoms with van der Waals surface area (Å²) in [4.78, 5) is 17.3. The molecule has 6 heteroatoms. The van der Waals surface area contributed by atoms with Gasteiger partial charge in [-0.3, -0.25) is 9.13 Å². The summed E-state index contributed by atoms with van der Waals surface area (Å²) in [5, 5.41) is 0. The van der Waals surface area contributed by atoms with Crippen LogP contribution in [0.3, 0.4) is 0 Å². The molecular formula is C20H21N3O3. The van der Waals surface area contributed by atoms with Crippen molar-refractivity contribution in [1.29, 1.82) is 0 Å². The third-order valence-corrected chi connectivity index (χ3v) is 4.22. The number of nitrogens with zero attached hydrogens (tertiary/aromatic N) is 3. The van der Waals surface area contributed by atoms with Gasteiger partial charge in [0.2, 0.25) is 0 Å². The zero-order chi connectivity index (χ0) is 18.7. The Labute approximate surface area is 151 Å². The SMILES string of the molecule is COc1ccc(-c2c/c(=N/c3ccccc3)n(C)c(=O)n2C)cc1OC. The highest BCUT2D eigenvalue weighted by Gasteiger charge is 2.11. The number of hydrogen-bond donors (Lipinski definition) is 0. The maximum atomic E-state index is 12.7. The molecule has 2 aromatic carbocycles. The molecule has 134 valence electrons. The van der Waals surface area contributed by atoms with Crippen molar-refractivity contribution in [3.63, 3.8) is 0 Å². The minimum absolute atomic E-state index is 0.160. The van der Waals surface area contributed by atoms with E-state index in [4.69, 9.17) is 9.47 Å². The molecule has 0 spiro atoms. The number of rotatable bonds is 4. The van der Waals surface area contributed by atoms with E-state index in [1.54, 1.807) is 32.9 Å². The molecule has 0 saturated heterocycles. The predicted molar refractivity (Wildman–Crippen MR) is 101 cm³/mol. The second-order valence-electron chi connectivity index (χ2n) is 5.81. The van der Waals surface area contributed by atoms with Gasteiger partial charge in [-0.15, -0.1) is 0 Å². The second kappa shape index (κ2) is 7.31. The van der Waals surface area contributed by atoms with Crippen molar-refractivity contribution in [2.75, 3.05) is 14.2 Å². The fourth-order valence-electron chi connectivity index (χ4n) is 2.76. The molecule has 0 fully saturated rings. The molecule has 0 aliphatic carbocycles. The van der Waals surface area contributed by atoms with Gasteiger partial charge >= 0.3 is 5.69 Å². The van der Waals surface area contributed by atoms with Crippen LogP contribution >= 0.6 is 0 Å². The van der Waals surface area contributed by atoms with Crippen LogP contribution in [0.25, 0.3) is 11.3 Å². The Hall–Kier alpha value is -3.28. The van der Waals surface area contributed by atoms with Crippen molar-refractivity contribution >= 4 is 5.69 Å². The Balaban J connectivity index is 2.23. The summed E-state index contributed by atoms with van der Waals surface area (Å²) in [5.41, 5.74) is 2.78. The first-order valence-corrected chi connectivity index (χ1v) is 8.14. The molecule has 0 unspecified atom stereocenters. The van der Waals surface area contributed by atoms with Crippen molar-refractivity contribution in [3.8, 4) is 22.8 Å². The molecule has 0 aliphatic rings. The van der Waals surface area contributed by atoms with E-state index < -0.39 is 0 Å². The van der Waals surface area contributed by atoms with Gasteiger partial charge in [-0.1, -0.05) is 18.2 Å². The molecule has 1 aromatic heterocycles. The largest absolute Gasteiger partial charge is 0.493 e. The van der Waals surface area contributed by atoms with E-state index in [1.165, 1.54) is 4.57 Å². The second-order valence-corrected chi connectivity index (χ2v) is 5.81. The Morgan fingerprint density at radius 3 is 2.19 bits per heavy atom. The third-order valence-electron chi connectivity index (χ3n) is 4.22. The average Bonchev–Trinajstić information content (AvgIpc) is 2.68. The van der Waals surface area contributed by atoms with Gasteiger partial charge in [-0.05, 0) is 30.3 Å². The molecule has 0 saturated carbocycles. The van der Waals surface area contributed by atoms with Gasteiger partial charge < -0.3 is 9.47 Å². The van der Waals surface area contributed by atoms with E-state index in [9.17, 15) is 4.79 Å². The molecular weight excluding hydrogens is 330 g/mol. The first-order chi connectivity index (χ1) is 12.5. The fraction of sp³-hybridized carbons (Fsp3) is 0.200. The van der Waals surface area contributed by atoms with Crippen molar-refractivity contribution in [1.82, 2.24) is 9.13 Å². The number of ether oxygens (including phenoxy) is 2. The molecule has 0 bridgehead atoms. The van der Waals surface area contributed by atoms with E-state index >= 15 is 0 Å². The summed E-state index contributed by atoms with van der Waals surface area (Å²) >= 11 is 0. The van der Waals surface area contributed by atoms with Crippen LogP contribution in [0.15, 0.2) is 64.4 Å². The highest BCUT2D eigenvalue weighted by molar-refractivity contribution is 5.64. The molecule has 0 aliphatic heterocycles. The lowest BCUT2D eigenvalue weighted by Gasteiger charge is -2.13. The van der Waals surface area contributed by atoms with Crippen molar-refractivity contribution in [2.45, 2.75) is 0 Å². The van der Waals surface area contributed by atoms with Gasteiger partial charge in [0.25, 0.3) is 0 Å². The molecule has 0 amide bonds. The third kappa shape index (κ3) is 3.26. The molecule has 0 atom stereocenters. The van der Waals surface area contributed by atoms with Crippen LogP contribution in [0.4, 0.5) is 5.69 Å². The van der Waals surface area contributed by atoms with Gasteiger partial charge in [0.1, 0.15) is 5.49 Å². The van der Waals surface area contributed by atoms with E-state index in [2.05, 4.69) is 4.99 Å². The minimum Gasteiger partial charge on any atom is -0.493 e. The molecule has 3 aromatic rings. The van der Waals surface area contributed by atoms with Gasteiger partial charge in [0.05, 0.1) is 25.6 Å². The molecule has 6 nitrogen and oxygen atoms in total. The molecule has 3 rings (SSSR count). The summed E-state index contributed by atoms with van der Waals surface area (Å²) < 4.78 is 13.8. The molecule has 26 heavy (non-hydrogen) atoms. The maximum absolute atomic E-state index is 12.7. The molecule has 0 radical (unpaired) electrons. The van der Waals surface area contributed by atoms with E-state index in [1.807, 2.05) is 54.6 Å². The summed E-state index contributed by atoms with van der Waals surface area (Å²) in [6.07, 6.45) is 0. The molecule has 1 heterocycles. The van der Waals surface area contributed by atoms with E-state index in [0.717, 1.165) is 16.9 Å².